The lowest BCUT2D eigenvalue weighted by atomic mass is 9.80. The minimum atomic E-state index is -0.469. The Kier molecular flexibility index (Phi) is 7.16. The maximum atomic E-state index is 13.6. The maximum absolute atomic E-state index is 13.6. The van der Waals surface area contributed by atoms with Crippen molar-refractivity contribution in [2.75, 3.05) is 13.2 Å². The fourth-order valence-corrected chi connectivity index (χ4v) is 4.90. The van der Waals surface area contributed by atoms with Gasteiger partial charge in [-0.2, -0.15) is 0 Å². The van der Waals surface area contributed by atoms with Crippen molar-refractivity contribution in [3.05, 3.63) is 107 Å². The van der Waals surface area contributed by atoms with Crippen LogP contribution in [0.4, 0.5) is 14.0 Å². The molecule has 0 unspecified atom stereocenters. The summed E-state index contributed by atoms with van der Waals surface area (Å²) in [5.74, 6) is -0.276. The van der Waals surface area contributed by atoms with Crippen molar-refractivity contribution in [2.24, 2.45) is 5.92 Å². The first-order chi connectivity index (χ1) is 17.6. The Bertz CT molecular complexity index is 1200. The monoisotopic (exact) mass is 488 g/mol. The summed E-state index contributed by atoms with van der Waals surface area (Å²) < 4.78 is 24.6. The normalized spacial score (nSPS) is 20.6. The van der Waals surface area contributed by atoms with Crippen LogP contribution < -0.4 is 5.32 Å². The number of benzene rings is 3. The topological polar surface area (TPSA) is 67.9 Å². The molecule has 1 aliphatic heterocycles. The summed E-state index contributed by atoms with van der Waals surface area (Å²) >= 11 is 0. The number of hydrogen-bond acceptors (Lipinski definition) is 4. The summed E-state index contributed by atoms with van der Waals surface area (Å²) in [5, 5.41) is 2.89. The van der Waals surface area contributed by atoms with E-state index in [0.717, 1.165) is 36.0 Å². The predicted molar refractivity (Wildman–Crippen MR) is 133 cm³/mol. The standard InChI is InChI=1S/C29H29FN2O4/c30-24-13-10-22(11-14-24)27-25-9-5-4-8-21(25)16-17-32(27)29(34)36-19-23-12-15-26(23)31-28(33)35-18-20-6-2-1-3-7-20/h1-11,13-14,23,26-27H,12,15-19H2,(H,31,33)/t23-,26+,27+/m1/s1. The molecule has 3 atom stereocenters. The summed E-state index contributed by atoms with van der Waals surface area (Å²) in [7, 11) is 0. The summed E-state index contributed by atoms with van der Waals surface area (Å²) in [6.45, 7) is 0.938. The van der Waals surface area contributed by atoms with Gasteiger partial charge in [0.05, 0.1) is 12.6 Å². The molecular formula is C29H29FN2O4. The third kappa shape index (κ3) is 5.35. The van der Waals surface area contributed by atoms with E-state index in [9.17, 15) is 14.0 Å². The molecule has 0 saturated heterocycles. The van der Waals surface area contributed by atoms with Crippen LogP contribution in [-0.2, 0) is 22.5 Å². The van der Waals surface area contributed by atoms with Gasteiger partial charge in [-0.05, 0) is 53.6 Å². The number of alkyl carbamates (subject to hydrolysis) is 1. The van der Waals surface area contributed by atoms with Crippen molar-refractivity contribution in [2.45, 2.75) is 38.0 Å². The number of carbonyl (C=O) groups is 2. The molecule has 6 nitrogen and oxygen atoms in total. The molecule has 3 aromatic rings. The van der Waals surface area contributed by atoms with Crippen LogP contribution in [0.25, 0.3) is 0 Å². The summed E-state index contributed by atoms with van der Waals surface area (Å²) in [4.78, 5) is 27.1. The molecular weight excluding hydrogens is 459 g/mol. The molecule has 0 radical (unpaired) electrons. The van der Waals surface area contributed by atoms with Gasteiger partial charge in [0.15, 0.2) is 0 Å². The Balaban J connectivity index is 1.18. The van der Waals surface area contributed by atoms with Gasteiger partial charge in [0.1, 0.15) is 12.4 Å². The molecule has 0 bridgehead atoms. The van der Waals surface area contributed by atoms with E-state index >= 15 is 0 Å². The summed E-state index contributed by atoms with van der Waals surface area (Å²) in [6, 6.07) is 23.4. The second kappa shape index (κ2) is 10.8. The fourth-order valence-electron chi connectivity index (χ4n) is 4.90. The van der Waals surface area contributed by atoms with Gasteiger partial charge in [0.2, 0.25) is 0 Å². The van der Waals surface area contributed by atoms with E-state index in [0.29, 0.717) is 6.54 Å². The van der Waals surface area contributed by atoms with E-state index in [1.165, 1.54) is 17.7 Å². The first-order valence-corrected chi connectivity index (χ1v) is 12.3. The van der Waals surface area contributed by atoms with Gasteiger partial charge >= 0.3 is 12.2 Å². The van der Waals surface area contributed by atoms with E-state index in [1.54, 1.807) is 17.0 Å². The Labute approximate surface area is 210 Å². The van der Waals surface area contributed by atoms with Gasteiger partial charge in [-0.1, -0.05) is 66.7 Å². The molecule has 2 aliphatic rings. The van der Waals surface area contributed by atoms with Crippen LogP contribution in [-0.4, -0.2) is 36.3 Å². The molecule has 5 rings (SSSR count). The zero-order valence-electron chi connectivity index (χ0n) is 19.9. The van der Waals surface area contributed by atoms with Crippen LogP contribution in [0.15, 0.2) is 78.9 Å². The summed E-state index contributed by atoms with van der Waals surface area (Å²) in [6.07, 6.45) is 1.53. The van der Waals surface area contributed by atoms with Crippen molar-refractivity contribution >= 4 is 12.2 Å². The van der Waals surface area contributed by atoms with Crippen molar-refractivity contribution in [1.29, 1.82) is 0 Å². The Morgan fingerprint density at radius 3 is 2.42 bits per heavy atom. The smallest absolute Gasteiger partial charge is 0.410 e. The number of nitrogens with zero attached hydrogens (tertiary/aromatic N) is 1. The zero-order chi connectivity index (χ0) is 24.9. The second-order valence-electron chi connectivity index (χ2n) is 9.32. The Hall–Kier alpha value is -3.87. The lowest BCUT2D eigenvalue weighted by Gasteiger charge is -2.39. The third-order valence-electron chi connectivity index (χ3n) is 7.06. The van der Waals surface area contributed by atoms with E-state index in [2.05, 4.69) is 11.4 Å². The second-order valence-corrected chi connectivity index (χ2v) is 9.32. The minimum absolute atomic E-state index is 0.0413. The number of rotatable bonds is 6. The fraction of sp³-hybridized carbons (Fsp3) is 0.310. The Morgan fingerprint density at radius 1 is 0.917 bits per heavy atom. The molecule has 3 aromatic carbocycles. The van der Waals surface area contributed by atoms with Crippen LogP contribution >= 0.6 is 0 Å². The molecule has 36 heavy (non-hydrogen) atoms. The van der Waals surface area contributed by atoms with Gasteiger partial charge in [-0.3, -0.25) is 4.90 Å². The molecule has 2 amide bonds. The molecule has 1 aliphatic carbocycles. The SMILES string of the molecule is O=C(N[C@H]1CC[C@@H]1COC(=O)N1CCc2ccccc2[C@@H]1c1ccc(F)cc1)OCc1ccccc1. The molecule has 1 heterocycles. The number of ether oxygens (including phenoxy) is 2. The van der Waals surface area contributed by atoms with Crippen LogP contribution in [0.3, 0.4) is 0 Å². The van der Waals surface area contributed by atoms with E-state index in [4.69, 9.17) is 9.47 Å². The van der Waals surface area contributed by atoms with E-state index < -0.39 is 12.2 Å². The summed E-state index contributed by atoms with van der Waals surface area (Å²) in [5.41, 5.74) is 3.96. The number of amides is 2. The predicted octanol–water partition coefficient (Wildman–Crippen LogP) is 5.61. The van der Waals surface area contributed by atoms with Crippen molar-refractivity contribution in [1.82, 2.24) is 10.2 Å². The number of halogens is 1. The lowest BCUT2D eigenvalue weighted by Crippen LogP contribution is -2.49. The first-order valence-electron chi connectivity index (χ1n) is 12.3. The van der Waals surface area contributed by atoms with Crippen LogP contribution in [0.2, 0.25) is 0 Å². The molecule has 186 valence electrons. The number of hydrogen-bond donors (Lipinski definition) is 1. The van der Waals surface area contributed by atoms with Crippen molar-refractivity contribution < 1.29 is 23.5 Å². The number of fused-ring (bicyclic) bond motifs is 1. The van der Waals surface area contributed by atoms with Gasteiger partial charge in [0, 0.05) is 18.5 Å². The van der Waals surface area contributed by atoms with Crippen molar-refractivity contribution in [3.8, 4) is 0 Å². The van der Waals surface area contributed by atoms with Gasteiger partial charge < -0.3 is 14.8 Å². The van der Waals surface area contributed by atoms with E-state index in [1.807, 2.05) is 48.5 Å². The quantitative estimate of drug-likeness (QED) is 0.489. The highest BCUT2D eigenvalue weighted by Gasteiger charge is 2.36. The van der Waals surface area contributed by atoms with Crippen LogP contribution in [0.1, 0.15) is 41.1 Å². The van der Waals surface area contributed by atoms with Gasteiger partial charge in [0.25, 0.3) is 0 Å². The molecule has 1 saturated carbocycles. The average molecular weight is 489 g/mol. The number of nitrogens with one attached hydrogen (secondary N) is 1. The molecule has 1 fully saturated rings. The molecule has 0 aromatic heterocycles. The van der Waals surface area contributed by atoms with Crippen LogP contribution in [0.5, 0.6) is 0 Å². The van der Waals surface area contributed by atoms with Crippen molar-refractivity contribution in [3.63, 3.8) is 0 Å². The first kappa shape index (κ1) is 23.9. The average Bonchev–Trinajstić information content (AvgIpc) is 2.90. The van der Waals surface area contributed by atoms with Crippen LogP contribution in [0, 0.1) is 11.7 Å². The molecule has 7 heteroatoms. The largest absolute Gasteiger partial charge is 0.449 e. The highest BCUT2D eigenvalue weighted by molar-refractivity contribution is 5.70. The highest BCUT2D eigenvalue weighted by Crippen LogP contribution is 2.36. The highest BCUT2D eigenvalue weighted by atomic mass is 19.1. The third-order valence-corrected chi connectivity index (χ3v) is 7.06. The molecule has 0 spiro atoms. The van der Waals surface area contributed by atoms with Gasteiger partial charge in [-0.25, -0.2) is 14.0 Å². The Morgan fingerprint density at radius 2 is 1.67 bits per heavy atom. The van der Waals surface area contributed by atoms with E-state index in [-0.39, 0.29) is 37.0 Å². The van der Waals surface area contributed by atoms with Gasteiger partial charge in [-0.15, -0.1) is 0 Å². The zero-order valence-corrected chi connectivity index (χ0v) is 19.9. The molecule has 1 N–H and O–H groups in total. The lowest BCUT2D eigenvalue weighted by molar-refractivity contribution is 0.0470. The minimum Gasteiger partial charge on any atom is -0.449 e. The maximum Gasteiger partial charge on any atom is 0.410 e. The number of carbonyl (C=O) groups excluding carboxylic acids is 2.